The van der Waals surface area contributed by atoms with Crippen molar-refractivity contribution in [3.8, 4) is 0 Å². The Morgan fingerprint density at radius 2 is 1.94 bits per heavy atom. The van der Waals surface area contributed by atoms with Crippen LogP contribution in [0.1, 0.15) is 19.4 Å². The molecule has 1 unspecified atom stereocenters. The van der Waals surface area contributed by atoms with Crippen molar-refractivity contribution < 1.29 is 13.2 Å². The van der Waals surface area contributed by atoms with Crippen LogP contribution in [0.25, 0.3) is 0 Å². The molecule has 0 bridgehead atoms. The number of hydrogen-bond donors (Lipinski definition) is 1. The van der Waals surface area contributed by atoms with E-state index in [0.717, 1.165) is 6.54 Å². The zero-order valence-electron chi connectivity index (χ0n) is 18.4. The number of amides is 1. The lowest BCUT2D eigenvalue weighted by Gasteiger charge is -2.49. The van der Waals surface area contributed by atoms with Crippen LogP contribution in [0.5, 0.6) is 0 Å². The second kappa shape index (κ2) is 8.37. The normalized spacial score (nSPS) is 21.5. The average Bonchev–Trinajstić information content (AvgIpc) is 3.30. The van der Waals surface area contributed by atoms with E-state index in [4.69, 9.17) is 0 Å². The van der Waals surface area contributed by atoms with Gasteiger partial charge < -0.3 is 9.88 Å². The van der Waals surface area contributed by atoms with Gasteiger partial charge in [0.2, 0.25) is 5.91 Å². The molecule has 168 valence electrons. The molecule has 31 heavy (non-hydrogen) atoms. The van der Waals surface area contributed by atoms with Crippen LogP contribution in [0.2, 0.25) is 0 Å². The fourth-order valence-electron chi connectivity index (χ4n) is 4.62. The summed E-state index contributed by atoms with van der Waals surface area (Å²) in [6.07, 6.45) is 3.01. The number of nitrogens with one attached hydrogen (secondary N) is 1. The van der Waals surface area contributed by atoms with Gasteiger partial charge >= 0.3 is 0 Å². The highest BCUT2D eigenvalue weighted by atomic mass is 32.2. The highest BCUT2D eigenvalue weighted by Crippen LogP contribution is 2.46. The van der Waals surface area contributed by atoms with Gasteiger partial charge in [-0.05, 0) is 11.5 Å². The fourth-order valence-corrected chi connectivity index (χ4v) is 6.22. The second-order valence-corrected chi connectivity index (χ2v) is 11.2. The molecule has 1 N–H and O–H groups in total. The van der Waals surface area contributed by atoms with E-state index in [1.807, 2.05) is 18.2 Å². The number of likely N-dealkylation sites (tertiary alicyclic amines) is 1. The Hall–Kier alpha value is -2.23. The van der Waals surface area contributed by atoms with Crippen LogP contribution in [-0.4, -0.2) is 65.8 Å². The van der Waals surface area contributed by atoms with Crippen molar-refractivity contribution in [1.29, 1.82) is 0 Å². The first-order valence-electron chi connectivity index (χ1n) is 10.7. The predicted molar refractivity (Wildman–Crippen MR) is 117 cm³/mol. The Labute approximate surface area is 184 Å². The third-order valence-corrected chi connectivity index (χ3v) is 7.91. The summed E-state index contributed by atoms with van der Waals surface area (Å²) < 4.78 is 29.0. The molecule has 9 heteroatoms. The van der Waals surface area contributed by atoms with Crippen molar-refractivity contribution in [2.75, 3.05) is 32.7 Å². The Morgan fingerprint density at radius 1 is 1.23 bits per heavy atom. The molecule has 0 saturated carbocycles. The van der Waals surface area contributed by atoms with E-state index in [1.165, 1.54) is 22.4 Å². The molecule has 3 heterocycles. The summed E-state index contributed by atoms with van der Waals surface area (Å²) in [7, 11) is -1.90. The smallest absolute Gasteiger partial charge is 0.262 e. The molecule has 2 aliphatic rings. The number of aromatic nitrogens is 2. The number of imidazole rings is 1. The fraction of sp³-hybridized carbons (Fsp3) is 0.545. The summed E-state index contributed by atoms with van der Waals surface area (Å²) in [4.78, 5) is 19.4. The van der Waals surface area contributed by atoms with Crippen LogP contribution < -0.4 is 5.32 Å². The van der Waals surface area contributed by atoms with E-state index in [0.29, 0.717) is 38.6 Å². The lowest BCUT2D eigenvalue weighted by molar-refractivity contribution is -0.130. The van der Waals surface area contributed by atoms with Gasteiger partial charge in [-0.3, -0.25) is 9.69 Å². The lowest BCUT2D eigenvalue weighted by atomic mass is 9.72. The molecule has 8 nitrogen and oxygen atoms in total. The molecule has 2 aliphatic heterocycles. The molecule has 1 aromatic heterocycles. The summed E-state index contributed by atoms with van der Waals surface area (Å²) in [5.41, 5.74) is 0.829. The zero-order valence-corrected chi connectivity index (χ0v) is 19.2. The number of nitrogens with zero attached hydrogens (tertiary/aromatic N) is 4. The topological polar surface area (TPSA) is 87.5 Å². The van der Waals surface area contributed by atoms with Crippen LogP contribution in [0, 0.1) is 17.3 Å². The summed E-state index contributed by atoms with van der Waals surface area (Å²) in [6.45, 7) is 7.54. The molecule has 1 aromatic carbocycles. The molecule has 4 rings (SSSR count). The third kappa shape index (κ3) is 4.40. The molecule has 2 aromatic rings. The van der Waals surface area contributed by atoms with Crippen LogP contribution in [0.15, 0.2) is 47.9 Å². The van der Waals surface area contributed by atoms with Gasteiger partial charge in [0, 0.05) is 57.9 Å². The molecular weight excluding hydrogens is 414 g/mol. The van der Waals surface area contributed by atoms with E-state index in [-0.39, 0.29) is 22.3 Å². The Kier molecular flexibility index (Phi) is 5.93. The SMILES string of the molecule is CC(C)CNC(=O)C1CN(Cc2ccccc2)CC12CN(S(=O)(=O)c1cn(C)cn1)C2. The van der Waals surface area contributed by atoms with Crippen LogP contribution in [0.4, 0.5) is 0 Å². The van der Waals surface area contributed by atoms with E-state index in [2.05, 4.69) is 41.2 Å². The molecular formula is C22H31N5O3S. The maximum absolute atomic E-state index is 13.1. The largest absolute Gasteiger partial charge is 0.356 e. The van der Waals surface area contributed by atoms with Gasteiger partial charge in [0.1, 0.15) is 0 Å². The monoisotopic (exact) mass is 445 g/mol. The van der Waals surface area contributed by atoms with Crippen molar-refractivity contribution >= 4 is 15.9 Å². The summed E-state index contributed by atoms with van der Waals surface area (Å²) >= 11 is 0. The van der Waals surface area contributed by atoms with E-state index < -0.39 is 10.0 Å². The number of carbonyl (C=O) groups is 1. The maximum atomic E-state index is 13.1. The number of rotatable bonds is 7. The van der Waals surface area contributed by atoms with Crippen LogP contribution in [-0.2, 0) is 28.4 Å². The first-order valence-corrected chi connectivity index (χ1v) is 12.2. The van der Waals surface area contributed by atoms with Crippen molar-refractivity contribution in [3.63, 3.8) is 0 Å². The van der Waals surface area contributed by atoms with Crippen molar-refractivity contribution in [1.82, 2.24) is 24.1 Å². The summed E-state index contributed by atoms with van der Waals surface area (Å²) in [5.74, 6) is 0.161. The highest BCUT2D eigenvalue weighted by Gasteiger charge is 2.59. The van der Waals surface area contributed by atoms with Gasteiger partial charge in [0.15, 0.2) is 5.03 Å². The molecule has 0 aliphatic carbocycles. The molecule has 2 fully saturated rings. The van der Waals surface area contributed by atoms with Gasteiger partial charge in [-0.2, -0.15) is 4.31 Å². The average molecular weight is 446 g/mol. The number of hydrogen-bond acceptors (Lipinski definition) is 5. The highest BCUT2D eigenvalue weighted by molar-refractivity contribution is 7.89. The standard InChI is InChI=1S/C22H31N5O3S/c1-17(2)9-23-21(28)19-11-26(10-18-7-5-4-6-8-18)13-22(19)14-27(15-22)31(29,30)20-12-25(3)16-24-20/h4-8,12,16-17,19H,9-11,13-15H2,1-3H3,(H,23,28). The van der Waals surface area contributed by atoms with Crippen LogP contribution in [0.3, 0.4) is 0 Å². The summed E-state index contributed by atoms with van der Waals surface area (Å²) in [5, 5.41) is 3.13. The number of carbonyl (C=O) groups excluding carboxylic acids is 1. The zero-order chi connectivity index (χ0) is 22.2. The Morgan fingerprint density at radius 3 is 2.55 bits per heavy atom. The molecule has 1 amide bonds. The van der Waals surface area contributed by atoms with Gasteiger partial charge in [0.25, 0.3) is 10.0 Å². The lowest BCUT2D eigenvalue weighted by Crippen LogP contribution is -2.64. The van der Waals surface area contributed by atoms with E-state index in [1.54, 1.807) is 11.6 Å². The number of aryl methyl sites for hydroxylation is 1. The first kappa shape index (κ1) is 22.0. The van der Waals surface area contributed by atoms with E-state index in [9.17, 15) is 13.2 Å². The molecule has 2 saturated heterocycles. The van der Waals surface area contributed by atoms with Crippen molar-refractivity contribution in [2.24, 2.45) is 24.3 Å². The number of sulfonamides is 1. The van der Waals surface area contributed by atoms with Gasteiger partial charge in [-0.15, -0.1) is 0 Å². The van der Waals surface area contributed by atoms with Crippen molar-refractivity contribution in [3.05, 3.63) is 48.4 Å². The van der Waals surface area contributed by atoms with Gasteiger partial charge in [0.05, 0.1) is 12.2 Å². The summed E-state index contributed by atoms with van der Waals surface area (Å²) in [6, 6.07) is 10.2. The first-order chi connectivity index (χ1) is 14.7. The van der Waals surface area contributed by atoms with Crippen molar-refractivity contribution in [2.45, 2.75) is 25.4 Å². The number of benzene rings is 1. The van der Waals surface area contributed by atoms with Gasteiger partial charge in [-0.25, -0.2) is 13.4 Å². The Bertz CT molecular complexity index is 1030. The van der Waals surface area contributed by atoms with Crippen LogP contribution >= 0.6 is 0 Å². The predicted octanol–water partition coefficient (Wildman–Crippen LogP) is 1.31. The molecule has 0 radical (unpaired) electrons. The Balaban J connectivity index is 1.51. The minimum absolute atomic E-state index is 0.0270. The second-order valence-electron chi connectivity index (χ2n) is 9.36. The quantitative estimate of drug-likeness (QED) is 0.695. The maximum Gasteiger partial charge on any atom is 0.262 e. The van der Waals surface area contributed by atoms with Gasteiger partial charge in [-0.1, -0.05) is 44.2 Å². The third-order valence-electron chi connectivity index (χ3n) is 6.24. The van der Waals surface area contributed by atoms with E-state index >= 15 is 0 Å². The molecule has 1 spiro atoms. The molecule has 1 atom stereocenters. The minimum atomic E-state index is -3.64. The minimum Gasteiger partial charge on any atom is -0.356 e.